The lowest BCUT2D eigenvalue weighted by molar-refractivity contribution is 0.00787. The van der Waals surface area contributed by atoms with E-state index in [9.17, 15) is 4.79 Å². The molecule has 19 heavy (non-hydrogen) atoms. The van der Waals surface area contributed by atoms with Crippen LogP contribution in [0.3, 0.4) is 0 Å². The Morgan fingerprint density at radius 1 is 1.42 bits per heavy atom. The second kappa shape index (κ2) is 4.74. The summed E-state index contributed by atoms with van der Waals surface area (Å²) in [4.78, 5) is 13.9. The van der Waals surface area contributed by atoms with Gasteiger partial charge < -0.3 is 9.64 Å². The maximum absolute atomic E-state index is 12.1. The minimum atomic E-state index is -0.423. The average Bonchev–Trinajstić information content (AvgIpc) is 3.07. The average molecular weight is 263 g/mol. The number of carbonyl (C=O) groups is 1. The van der Waals surface area contributed by atoms with Gasteiger partial charge in [-0.15, -0.1) is 6.42 Å². The molecule has 0 aromatic heterocycles. The molecule has 3 nitrogen and oxygen atoms in total. The van der Waals surface area contributed by atoms with Gasteiger partial charge in [0.1, 0.15) is 5.60 Å². The third-order valence-electron chi connectivity index (χ3n) is 4.34. The van der Waals surface area contributed by atoms with E-state index in [1.54, 1.807) is 0 Å². The first-order valence-electron chi connectivity index (χ1n) is 7.23. The van der Waals surface area contributed by atoms with Gasteiger partial charge in [-0.3, -0.25) is 0 Å². The molecule has 0 aromatic carbocycles. The van der Waals surface area contributed by atoms with Gasteiger partial charge >= 0.3 is 6.09 Å². The molecule has 0 radical (unpaired) electrons. The van der Waals surface area contributed by atoms with E-state index in [0.29, 0.717) is 11.8 Å². The van der Waals surface area contributed by atoms with Crippen molar-refractivity contribution in [3.8, 4) is 12.3 Å². The molecule has 1 aliphatic heterocycles. The Morgan fingerprint density at radius 2 is 2.05 bits per heavy atom. The molecule has 1 saturated carbocycles. The van der Waals surface area contributed by atoms with Gasteiger partial charge in [-0.25, -0.2) is 4.79 Å². The lowest BCUT2D eigenvalue weighted by Crippen LogP contribution is -2.46. The highest BCUT2D eigenvalue weighted by Gasteiger charge is 2.51. The summed E-state index contributed by atoms with van der Waals surface area (Å²) in [6.45, 7) is 9.45. The number of hydrogen-bond donors (Lipinski definition) is 0. The number of carbonyl (C=O) groups excluding carboxylic acids is 1. The van der Waals surface area contributed by atoms with Crippen LogP contribution in [0.2, 0.25) is 0 Å². The second-order valence-electron chi connectivity index (χ2n) is 7.10. The van der Waals surface area contributed by atoms with Crippen molar-refractivity contribution < 1.29 is 9.53 Å². The molecule has 1 amide bonds. The summed E-state index contributed by atoms with van der Waals surface area (Å²) in [5.41, 5.74) is -0.285. The highest BCUT2D eigenvalue weighted by atomic mass is 16.6. The smallest absolute Gasteiger partial charge is 0.410 e. The van der Waals surface area contributed by atoms with E-state index in [4.69, 9.17) is 11.2 Å². The summed E-state index contributed by atoms with van der Waals surface area (Å²) in [6, 6.07) is 0. The van der Waals surface area contributed by atoms with Gasteiger partial charge in [0.2, 0.25) is 0 Å². The van der Waals surface area contributed by atoms with Crippen LogP contribution in [0.4, 0.5) is 4.79 Å². The maximum Gasteiger partial charge on any atom is 0.410 e. The first-order chi connectivity index (χ1) is 8.77. The van der Waals surface area contributed by atoms with Gasteiger partial charge in [0, 0.05) is 18.5 Å². The Balaban J connectivity index is 1.94. The Hall–Kier alpha value is -1.17. The van der Waals surface area contributed by atoms with Gasteiger partial charge in [-0.1, -0.05) is 12.8 Å². The standard InChI is InChI=1S/C16H25NO2/c1-6-16(8-9-16)13-7-10-17(11-12(13)2)14(18)19-15(3,4)5/h1,12-13H,7-11H2,2-5H3. The number of ether oxygens (including phenoxy) is 1. The van der Waals surface area contributed by atoms with Crippen molar-refractivity contribution in [3.05, 3.63) is 0 Å². The lowest BCUT2D eigenvalue weighted by atomic mass is 9.75. The molecule has 0 N–H and O–H groups in total. The number of terminal acetylenes is 1. The zero-order valence-corrected chi connectivity index (χ0v) is 12.5. The predicted octanol–water partition coefficient (Wildman–Crippen LogP) is 3.29. The molecule has 0 bridgehead atoms. The molecule has 2 unspecified atom stereocenters. The normalized spacial score (nSPS) is 29.5. The molecular weight excluding hydrogens is 238 g/mol. The molecule has 1 heterocycles. The zero-order valence-electron chi connectivity index (χ0n) is 12.5. The van der Waals surface area contributed by atoms with Gasteiger partial charge in [0.15, 0.2) is 0 Å². The van der Waals surface area contributed by atoms with E-state index < -0.39 is 5.60 Å². The van der Waals surface area contributed by atoms with Gasteiger partial charge in [-0.05, 0) is 51.9 Å². The Morgan fingerprint density at radius 3 is 2.47 bits per heavy atom. The van der Waals surface area contributed by atoms with Crippen LogP contribution in [-0.4, -0.2) is 29.7 Å². The van der Waals surface area contributed by atoms with Crippen LogP contribution in [0.25, 0.3) is 0 Å². The number of likely N-dealkylation sites (tertiary alicyclic amines) is 1. The number of amides is 1. The Bertz CT molecular complexity index is 398. The van der Waals surface area contributed by atoms with Crippen LogP contribution in [0.1, 0.15) is 47.0 Å². The van der Waals surface area contributed by atoms with Crippen molar-refractivity contribution in [1.29, 1.82) is 0 Å². The fourth-order valence-corrected chi connectivity index (χ4v) is 3.22. The Kier molecular flexibility index (Phi) is 3.55. The van der Waals surface area contributed by atoms with Crippen molar-refractivity contribution in [2.45, 2.75) is 52.6 Å². The highest BCUT2D eigenvalue weighted by molar-refractivity contribution is 5.68. The fourth-order valence-electron chi connectivity index (χ4n) is 3.22. The largest absolute Gasteiger partial charge is 0.444 e. The fraction of sp³-hybridized carbons (Fsp3) is 0.812. The lowest BCUT2D eigenvalue weighted by Gasteiger charge is -2.40. The monoisotopic (exact) mass is 263 g/mol. The van der Waals surface area contributed by atoms with E-state index in [-0.39, 0.29) is 11.5 Å². The molecule has 2 rings (SSSR count). The molecule has 1 saturated heterocycles. The van der Waals surface area contributed by atoms with Crippen LogP contribution in [-0.2, 0) is 4.74 Å². The molecule has 106 valence electrons. The summed E-state index contributed by atoms with van der Waals surface area (Å²) in [6.07, 6.45) is 8.81. The number of rotatable bonds is 1. The summed E-state index contributed by atoms with van der Waals surface area (Å²) in [5, 5.41) is 0. The first-order valence-corrected chi connectivity index (χ1v) is 7.23. The molecule has 1 aliphatic carbocycles. The van der Waals surface area contributed by atoms with E-state index >= 15 is 0 Å². The molecular formula is C16H25NO2. The minimum Gasteiger partial charge on any atom is -0.444 e. The van der Waals surface area contributed by atoms with Crippen LogP contribution >= 0.6 is 0 Å². The molecule has 2 atom stereocenters. The Labute approximate surface area is 116 Å². The van der Waals surface area contributed by atoms with Crippen LogP contribution in [0.15, 0.2) is 0 Å². The van der Waals surface area contributed by atoms with E-state index in [0.717, 1.165) is 32.4 Å². The SMILES string of the molecule is C#CC1(C2CCN(C(=O)OC(C)(C)C)CC2C)CC1. The number of nitrogens with zero attached hydrogens (tertiary/aromatic N) is 1. The predicted molar refractivity (Wildman–Crippen MR) is 75.6 cm³/mol. The van der Waals surface area contributed by atoms with E-state index in [2.05, 4.69) is 12.8 Å². The van der Waals surface area contributed by atoms with Crippen LogP contribution in [0, 0.1) is 29.6 Å². The van der Waals surface area contributed by atoms with Crippen LogP contribution in [0.5, 0.6) is 0 Å². The third-order valence-corrected chi connectivity index (χ3v) is 4.34. The van der Waals surface area contributed by atoms with Gasteiger partial charge in [-0.2, -0.15) is 0 Å². The quantitative estimate of drug-likeness (QED) is 0.679. The third kappa shape index (κ3) is 3.05. The topological polar surface area (TPSA) is 29.5 Å². The summed E-state index contributed by atoms with van der Waals surface area (Å²) in [5.74, 6) is 4.02. The van der Waals surface area contributed by atoms with Gasteiger partial charge in [0.25, 0.3) is 0 Å². The van der Waals surface area contributed by atoms with E-state index in [1.165, 1.54) is 0 Å². The van der Waals surface area contributed by atoms with Crippen molar-refractivity contribution in [3.63, 3.8) is 0 Å². The van der Waals surface area contributed by atoms with Crippen molar-refractivity contribution >= 4 is 6.09 Å². The molecule has 2 aliphatic rings. The van der Waals surface area contributed by atoms with Crippen molar-refractivity contribution in [2.75, 3.05) is 13.1 Å². The molecule has 0 aromatic rings. The summed E-state index contributed by atoms with van der Waals surface area (Å²) < 4.78 is 5.44. The molecule has 3 heteroatoms. The van der Waals surface area contributed by atoms with Crippen molar-refractivity contribution in [1.82, 2.24) is 4.90 Å². The first kappa shape index (κ1) is 14.2. The number of hydrogen-bond acceptors (Lipinski definition) is 2. The summed E-state index contributed by atoms with van der Waals surface area (Å²) in [7, 11) is 0. The summed E-state index contributed by atoms with van der Waals surface area (Å²) >= 11 is 0. The second-order valence-corrected chi connectivity index (χ2v) is 7.10. The number of piperidine rings is 1. The van der Waals surface area contributed by atoms with Crippen LogP contribution < -0.4 is 0 Å². The van der Waals surface area contributed by atoms with Crippen molar-refractivity contribution in [2.24, 2.45) is 17.3 Å². The molecule has 0 spiro atoms. The van der Waals surface area contributed by atoms with E-state index in [1.807, 2.05) is 25.7 Å². The zero-order chi connectivity index (χ0) is 14.3. The van der Waals surface area contributed by atoms with Gasteiger partial charge in [0.05, 0.1) is 0 Å². The highest BCUT2D eigenvalue weighted by Crippen LogP contribution is 2.56. The maximum atomic E-state index is 12.1. The minimum absolute atomic E-state index is 0.138. The molecule has 2 fully saturated rings.